The van der Waals surface area contributed by atoms with Gasteiger partial charge in [-0.05, 0) is 37.1 Å². The summed E-state index contributed by atoms with van der Waals surface area (Å²) in [7, 11) is 0. The summed E-state index contributed by atoms with van der Waals surface area (Å²) < 4.78 is 20.7. The number of pyridine rings is 1. The molecule has 0 saturated carbocycles. The zero-order chi connectivity index (χ0) is 21.1. The number of hydrogen-bond acceptors (Lipinski definition) is 6. The van der Waals surface area contributed by atoms with Crippen molar-refractivity contribution in [2.75, 3.05) is 25.0 Å². The molecule has 9 heteroatoms. The quantitative estimate of drug-likeness (QED) is 0.597. The first-order valence-corrected chi connectivity index (χ1v) is 10.2. The van der Waals surface area contributed by atoms with Gasteiger partial charge >= 0.3 is 0 Å². The van der Waals surface area contributed by atoms with E-state index in [9.17, 15) is 9.18 Å². The average Bonchev–Trinajstić information content (AvgIpc) is 3.17. The minimum Gasteiger partial charge on any atom is -0.493 e. The first-order chi connectivity index (χ1) is 14.6. The summed E-state index contributed by atoms with van der Waals surface area (Å²) in [5.41, 5.74) is 2.57. The third-order valence-electron chi connectivity index (χ3n) is 5.04. The molecule has 1 atom stereocenters. The van der Waals surface area contributed by atoms with Crippen molar-refractivity contribution in [3.63, 3.8) is 0 Å². The number of nitrogens with zero attached hydrogens (tertiary/aromatic N) is 3. The maximum Gasteiger partial charge on any atom is 0.220 e. The summed E-state index contributed by atoms with van der Waals surface area (Å²) >= 11 is 6.19. The number of aromatic nitrogens is 3. The van der Waals surface area contributed by atoms with Crippen molar-refractivity contribution in [2.45, 2.75) is 25.7 Å². The van der Waals surface area contributed by atoms with E-state index < -0.39 is 5.82 Å². The van der Waals surface area contributed by atoms with Gasteiger partial charge in [-0.2, -0.15) is 0 Å². The lowest BCUT2D eigenvalue weighted by Crippen LogP contribution is -2.15. The Labute approximate surface area is 178 Å². The highest BCUT2D eigenvalue weighted by atomic mass is 35.5. The second kappa shape index (κ2) is 8.79. The van der Waals surface area contributed by atoms with Gasteiger partial charge in [0.25, 0.3) is 0 Å². The number of fused-ring (bicyclic) bond motifs is 1. The van der Waals surface area contributed by atoms with Crippen LogP contribution in [0, 0.1) is 5.82 Å². The Kier molecular flexibility index (Phi) is 5.94. The van der Waals surface area contributed by atoms with Gasteiger partial charge in [-0.15, -0.1) is 0 Å². The molecule has 0 spiro atoms. The Bertz CT molecular complexity index is 1090. The molecule has 1 saturated heterocycles. The molecule has 2 N–H and O–H groups in total. The molecule has 4 rings (SSSR count). The van der Waals surface area contributed by atoms with Crippen molar-refractivity contribution in [3.8, 4) is 5.75 Å². The van der Waals surface area contributed by atoms with E-state index in [1.54, 1.807) is 12.3 Å². The van der Waals surface area contributed by atoms with Crippen LogP contribution in [-0.2, 0) is 11.2 Å². The maximum atomic E-state index is 14.9. The van der Waals surface area contributed by atoms with E-state index in [2.05, 4.69) is 25.6 Å². The van der Waals surface area contributed by atoms with E-state index >= 15 is 0 Å². The van der Waals surface area contributed by atoms with Gasteiger partial charge in [-0.1, -0.05) is 11.6 Å². The molecule has 0 unspecified atom stereocenters. The smallest absolute Gasteiger partial charge is 0.220 e. The minimum absolute atomic E-state index is 0.0250. The van der Waals surface area contributed by atoms with Gasteiger partial charge in [0.2, 0.25) is 5.91 Å². The average molecular weight is 430 g/mol. The van der Waals surface area contributed by atoms with Crippen LogP contribution in [0.5, 0.6) is 5.75 Å². The molecule has 1 aromatic carbocycles. The van der Waals surface area contributed by atoms with Crippen LogP contribution in [0.25, 0.3) is 11.0 Å². The minimum atomic E-state index is -0.524. The molecule has 7 nitrogen and oxygen atoms in total. The molecule has 0 bridgehead atoms. The Morgan fingerprint density at radius 2 is 2.23 bits per heavy atom. The highest BCUT2D eigenvalue weighted by Crippen LogP contribution is 2.39. The zero-order valence-corrected chi connectivity index (χ0v) is 17.2. The lowest BCUT2D eigenvalue weighted by Gasteiger charge is -2.20. The lowest BCUT2D eigenvalue weighted by atomic mass is 9.93. The molecule has 156 valence electrons. The van der Waals surface area contributed by atoms with Crippen LogP contribution in [0.1, 0.15) is 30.4 Å². The maximum absolute atomic E-state index is 14.9. The van der Waals surface area contributed by atoms with Gasteiger partial charge in [0.05, 0.1) is 17.1 Å². The molecule has 0 aliphatic carbocycles. The molecule has 1 aliphatic rings. The Morgan fingerprint density at radius 1 is 1.37 bits per heavy atom. The number of hydrogen-bond donors (Lipinski definition) is 2. The Balaban J connectivity index is 1.60. The van der Waals surface area contributed by atoms with Gasteiger partial charge in [-0.3, -0.25) is 9.78 Å². The van der Waals surface area contributed by atoms with E-state index in [0.717, 1.165) is 11.1 Å². The van der Waals surface area contributed by atoms with Crippen molar-refractivity contribution in [2.24, 2.45) is 0 Å². The van der Waals surface area contributed by atoms with E-state index in [1.807, 2.05) is 19.1 Å². The van der Waals surface area contributed by atoms with Crippen molar-refractivity contribution < 1.29 is 13.9 Å². The first-order valence-electron chi connectivity index (χ1n) is 9.78. The van der Waals surface area contributed by atoms with Crippen LogP contribution in [0.15, 0.2) is 30.7 Å². The summed E-state index contributed by atoms with van der Waals surface area (Å²) in [6.07, 6.45) is 3.91. The second-order valence-corrected chi connectivity index (χ2v) is 7.39. The van der Waals surface area contributed by atoms with E-state index in [4.69, 9.17) is 16.3 Å². The van der Waals surface area contributed by atoms with Gasteiger partial charge < -0.3 is 15.4 Å². The van der Waals surface area contributed by atoms with Crippen LogP contribution < -0.4 is 15.4 Å². The fourth-order valence-electron chi connectivity index (χ4n) is 3.70. The van der Waals surface area contributed by atoms with Crippen molar-refractivity contribution in [1.29, 1.82) is 0 Å². The molecule has 30 heavy (non-hydrogen) atoms. The molecule has 3 aromatic rings. The second-order valence-electron chi connectivity index (χ2n) is 6.98. The predicted octanol–water partition coefficient (Wildman–Crippen LogP) is 3.47. The Morgan fingerprint density at radius 3 is 3.00 bits per heavy atom. The summed E-state index contributed by atoms with van der Waals surface area (Å²) in [5.74, 6) is 0.155. The SMILES string of the molecule is CCOc1c(CCNc2ncnc3cccnc23)cc(Cl)c(F)c1[C@@H]1CNC(=O)C1. The largest absolute Gasteiger partial charge is 0.493 e. The highest BCUT2D eigenvalue weighted by molar-refractivity contribution is 6.31. The summed E-state index contributed by atoms with van der Waals surface area (Å²) in [6, 6.07) is 5.27. The van der Waals surface area contributed by atoms with Gasteiger partial charge in [0.15, 0.2) is 5.82 Å². The van der Waals surface area contributed by atoms with E-state index in [0.29, 0.717) is 48.8 Å². The number of nitrogens with one attached hydrogen (secondary N) is 2. The number of benzene rings is 1. The van der Waals surface area contributed by atoms with Crippen LogP contribution in [0.3, 0.4) is 0 Å². The fraction of sp³-hybridized carbons (Fsp3) is 0.333. The van der Waals surface area contributed by atoms with Crippen LogP contribution >= 0.6 is 11.6 Å². The molecule has 1 fully saturated rings. The molecular weight excluding hydrogens is 409 g/mol. The van der Waals surface area contributed by atoms with Gasteiger partial charge in [-0.25, -0.2) is 14.4 Å². The number of halogens is 2. The molecular formula is C21H21ClFN5O2. The number of ether oxygens (including phenoxy) is 1. The fourth-order valence-corrected chi connectivity index (χ4v) is 3.93. The van der Waals surface area contributed by atoms with Crippen LogP contribution in [0.4, 0.5) is 10.2 Å². The molecule has 1 aliphatic heterocycles. The summed E-state index contributed by atoms with van der Waals surface area (Å²) in [5, 5.41) is 6.04. The summed E-state index contributed by atoms with van der Waals surface area (Å²) in [4.78, 5) is 24.5. The van der Waals surface area contributed by atoms with E-state index in [1.165, 1.54) is 6.33 Å². The zero-order valence-electron chi connectivity index (χ0n) is 16.4. The number of amides is 1. The van der Waals surface area contributed by atoms with Crippen molar-refractivity contribution >= 4 is 34.4 Å². The standard InChI is InChI=1S/C21H21ClFN5O2/c1-2-30-20-12(8-14(22)18(23)17(20)13-9-16(29)26-10-13)5-7-25-21-19-15(27-11-28-21)4-3-6-24-19/h3-4,6,8,11,13H,2,5,7,9-10H2,1H3,(H,26,29)(H,25,27,28)/t13-/m0/s1. The molecule has 0 radical (unpaired) electrons. The topological polar surface area (TPSA) is 89.0 Å². The number of carbonyl (C=O) groups is 1. The van der Waals surface area contributed by atoms with Crippen LogP contribution in [-0.4, -0.2) is 40.6 Å². The number of carbonyl (C=O) groups excluding carboxylic acids is 1. The first kappa shape index (κ1) is 20.3. The predicted molar refractivity (Wildman–Crippen MR) is 112 cm³/mol. The van der Waals surface area contributed by atoms with E-state index in [-0.39, 0.29) is 23.3 Å². The third-order valence-corrected chi connectivity index (χ3v) is 5.31. The van der Waals surface area contributed by atoms with Crippen LogP contribution in [0.2, 0.25) is 5.02 Å². The van der Waals surface area contributed by atoms with Gasteiger partial charge in [0, 0.05) is 37.2 Å². The molecule has 2 aromatic heterocycles. The monoisotopic (exact) mass is 429 g/mol. The number of rotatable bonds is 7. The normalized spacial score (nSPS) is 16.0. The third kappa shape index (κ3) is 4.00. The van der Waals surface area contributed by atoms with Gasteiger partial charge in [0.1, 0.15) is 23.4 Å². The van der Waals surface area contributed by atoms with Crippen molar-refractivity contribution in [1.82, 2.24) is 20.3 Å². The van der Waals surface area contributed by atoms with Crippen molar-refractivity contribution in [3.05, 3.63) is 52.7 Å². The molecule has 3 heterocycles. The highest BCUT2D eigenvalue weighted by Gasteiger charge is 2.31. The lowest BCUT2D eigenvalue weighted by molar-refractivity contribution is -0.119. The molecule has 1 amide bonds. The number of anilines is 1. The Hall–Kier alpha value is -3.00. The summed E-state index contributed by atoms with van der Waals surface area (Å²) in [6.45, 7) is 3.09.